The number of anilines is 2. The van der Waals surface area contributed by atoms with Crippen LogP contribution in [0.5, 0.6) is 5.75 Å². The molecule has 4 nitrogen and oxygen atoms in total. The minimum absolute atomic E-state index is 0.0541. The average Bonchev–Trinajstić information content (AvgIpc) is 2.88. The van der Waals surface area contributed by atoms with Crippen molar-refractivity contribution in [1.29, 1.82) is 0 Å². The van der Waals surface area contributed by atoms with Gasteiger partial charge in [-0.25, -0.2) is 4.79 Å². The van der Waals surface area contributed by atoms with Gasteiger partial charge in [0.25, 0.3) is 0 Å². The van der Waals surface area contributed by atoms with E-state index in [0.29, 0.717) is 23.2 Å². The van der Waals surface area contributed by atoms with Gasteiger partial charge in [0.05, 0.1) is 12.2 Å². The first-order valence-corrected chi connectivity index (χ1v) is 12.7. The minimum atomic E-state index is -0.185. The Morgan fingerprint density at radius 1 is 1.00 bits per heavy atom. The van der Waals surface area contributed by atoms with Crippen molar-refractivity contribution in [2.75, 3.05) is 16.8 Å². The standard InChI is InChI=1S/C29H31ClN2O2/c1-2-26-19-32(29(33)31-25-10-6-9-24(30)18-25)27-16-15-23(17-28(27)34-26)22-13-11-21(12-14-22)20-7-4-3-5-8-20/h6,9-18,20,26H,2-5,7-8,19H2,1H3,(H,31,33). The number of amides is 2. The van der Waals surface area contributed by atoms with Crippen LogP contribution >= 0.6 is 11.6 Å². The van der Waals surface area contributed by atoms with Crippen LogP contribution in [0, 0.1) is 0 Å². The van der Waals surface area contributed by atoms with Crippen LogP contribution in [0.15, 0.2) is 66.7 Å². The van der Waals surface area contributed by atoms with Crippen molar-refractivity contribution in [3.05, 3.63) is 77.3 Å². The molecule has 1 unspecified atom stereocenters. The molecule has 1 fully saturated rings. The summed E-state index contributed by atoms with van der Waals surface area (Å²) in [5.41, 5.74) is 5.17. The fraction of sp³-hybridized carbons (Fsp3) is 0.345. The van der Waals surface area contributed by atoms with Gasteiger partial charge in [0.1, 0.15) is 11.9 Å². The molecular weight excluding hydrogens is 444 g/mol. The third kappa shape index (κ3) is 4.92. The van der Waals surface area contributed by atoms with E-state index in [0.717, 1.165) is 23.4 Å². The summed E-state index contributed by atoms with van der Waals surface area (Å²) >= 11 is 6.09. The highest BCUT2D eigenvalue weighted by molar-refractivity contribution is 6.30. The van der Waals surface area contributed by atoms with E-state index in [4.69, 9.17) is 16.3 Å². The Morgan fingerprint density at radius 3 is 2.50 bits per heavy atom. The molecule has 176 valence electrons. The number of ether oxygens (including phenoxy) is 1. The molecule has 1 N–H and O–H groups in total. The predicted octanol–water partition coefficient (Wildman–Crippen LogP) is 8.26. The van der Waals surface area contributed by atoms with Crippen LogP contribution in [0.25, 0.3) is 11.1 Å². The number of carbonyl (C=O) groups excluding carboxylic acids is 1. The lowest BCUT2D eigenvalue weighted by molar-refractivity contribution is 0.188. The molecular formula is C29H31ClN2O2. The molecule has 5 heteroatoms. The highest BCUT2D eigenvalue weighted by atomic mass is 35.5. The lowest BCUT2D eigenvalue weighted by Gasteiger charge is -2.35. The van der Waals surface area contributed by atoms with Gasteiger partial charge in [0.2, 0.25) is 0 Å². The number of nitrogens with one attached hydrogen (secondary N) is 1. The molecule has 1 saturated carbocycles. The van der Waals surface area contributed by atoms with E-state index in [2.05, 4.69) is 48.6 Å². The molecule has 34 heavy (non-hydrogen) atoms. The van der Waals surface area contributed by atoms with Crippen molar-refractivity contribution < 1.29 is 9.53 Å². The molecule has 1 aliphatic heterocycles. The van der Waals surface area contributed by atoms with Gasteiger partial charge in [-0.05, 0) is 72.2 Å². The van der Waals surface area contributed by atoms with Crippen LogP contribution < -0.4 is 15.0 Å². The number of fused-ring (bicyclic) bond motifs is 1. The van der Waals surface area contributed by atoms with Gasteiger partial charge in [0, 0.05) is 10.7 Å². The zero-order valence-electron chi connectivity index (χ0n) is 19.6. The highest BCUT2D eigenvalue weighted by Crippen LogP contribution is 2.39. The van der Waals surface area contributed by atoms with Gasteiger partial charge in [-0.15, -0.1) is 0 Å². The normalized spacial score (nSPS) is 18.2. The van der Waals surface area contributed by atoms with Crippen molar-refractivity contribution in [3.8, 4) is 16.9 Å². The quantitative estimate of drug-likeness (QED) is 0.413. The molecule has 1 aliphatic carbocycles. The first-order valence-electron chi connectivity index (χ1n) is 12.4. The van der Waals surface area contributed by atoms with Gasteiger partial charge < -0.3 is 10.1 Å². The van der Waals surface area contributed by atoms with Gasteiger partial charge in [0.15, 0.2) is 0 Å². The van der Waals surface area contributed by atoms with Gasteiger partial charge in [-0.3, -0.25) is 4.90 Å². The fourth-order valence-corrected chi connectivity index (χ4v) is 5.27. The van der Waals surface area contributed by atoms with Gasteiger partial charge in [-0.1, -0.05) is 74.2 Å². The number of urea groups is 1. The maximum absolute atomic E-state index is 13.2. The second kappa shape index (κ2) is 10.1. The SMILES string of the molecule is CCC1CN(C(=O)Nc2cccc(Cl)c2)c2ccc(-c3ccc(C4CCCCC4)cc3)cc2O1. The van der Waals surface area contributed by atoms with E-state index < -0.39 is 0 Å². The van der Waals surface area contributed by atoms with Crippen LogP contribution in [-0.4, -0.2) is 18.7 Å². The monoisotopic (exact) mass is 474 g/mol. The second-order valence-electron chi connectivity index (χ2n) is 9.34. The summed E-state index contributed by atoms with van der Waals surface area (Å²) in [6.45, 7) is 2.59. The van der Waals surface area contributed by atoms with Crippen LogP contribution in [0.4, 0.5) is 16.2 Å². The number of nitrogens with zero attached hydrogens (tertiary/aromatic N) is 1. The number of rotatable bonds is 4. The molecule has 3 aromatic rings. The number of carbonyl (C=O) groups is 1. The molecule has 0 saturated heterocycles. The maximum Gasteiger partial charge on any atom is 0.326 e. The molecule has 0 radical (unpaired) electrons. The predicted molar refractivity (Wildman–Crippen MR) is 140 cm³/mol. The van der Waals surface area contributed by atoms with E-state index in [-0.39, 0.29) is 12.1 Å². The third-order valence-electron chi connectivity index (χ3n) is 7.03. The zero-order chi connectivity index (χ0) is 23.5. The summed E-state index contributed by atoms with van der Waals surface area (Å²) in [4.78, 5) is 14.9. The first kappa shape index (κ1) is 22.8. The van der Waals surface area contributed by atoms with Crippen LogP contribution in [0.2, 0.25) is 5.02 Å². The number of hydrogen-bond donors (Lipinski definition) is 1. The molecule has 1 heterocycles. The Morgan fingerprint density at radius 2 is 1.76 bits per heavy atom. The maximum atomic E-state index is 13.2. The number of halogens is 1. The van der Waals surface area contributed by atoms with Crippen molar-refractivity contribution >= 4 is 29.0 Å². The Kier molecular flexibility index (Phi) is 6.77. The molecule has 0 bridgehead atoms. The smallest absolute Gasteiger partial charge is 0.326 e. The number of benzene rings is 3. The highest BCUT2D eigenvalue weighted by Gasteiger charge is 2.29. The Labute approximate surface area is 206 Å². The second-order valence-corrected chi connectivity index (χ2v) is 9.78. The van der Waals surface area contributed by atoms with E-state index in [9.17, 15) is 4.79 Å². The molecule has 2 amide bonds. The summed E-state index contributed by atoms with van der Waals surface area (Å²) in [5, 5.41) is 3.56. The van der Waals surface area contributed by atoms with Crippen LogP contribution in [0.3, 0.4) is 0 Å². The average molecular weight is 475 g/mol. The molecule has 2 aliphatic rings. The molecule has 0 spiro atoms. The molecule has 1 atom stereocenters. The van der Waals surface area contributed by atoms with E-state index >= 15 is 0 Å². The summed E-state index contributed by atoms with van der Waals surface area (Å²) in [6, 6.07) is 22.1. The van der Waals surface area contributed by atoms with E-state index in [1.54, 1.807) is 17.0 Å². The topological polar surface area (TPSA) is 41.6 Å². The van der Waals surface area contributed by atoms with Crippen molar-refractivity contribution in [1.82, 2.24) is 0 Å². The molecule has 3 aromatic carbocycles. The van der Waals surface area contributed by atoms with E-state index in [1.165, 1.54) is 43.2 Å². The summed E-state index contributed by atoms with van der Waals surface area (Å²) in [6.07, 6.45) is 7.43. The van der Waals surface area contributed by atoms with Gasteiger partial charge >= 0.3 is 6.03 Å². The molecule has 5 rings (SSSR count). The van der Waals surface area contributed by atoms with Crippen molar-refractivity contribution in [3.63, 3.8) is 0 Å². The third-order valence-corrected chi connectivity index (χ3v) is 7.26. The van der Waals surface area contributed by atoms with E-state index in [1.807, 2.05) is 18.2 Å². The minimum Gasteiger partial charge on any atom is -0.486 e. The lowest BCUT2D eigenvalue weighted by Crippen LogP contribution is -2.45. The summed E-state index contributed by atoms with van der Waals surface area (Å²) < 4.78 is 6.27. The van der Waals surface area contributed by atoms with Crippen LogP contribution in [-0.2, 0) is 0 Å². The summed E-state index contributed by atoms with van der Waals surface area (Å²) in [5.74, 6) is 1.44. The van der Waals surface area contributed by atoms with Crippen LogP contribution in [0.1, 0.15) is 56.9 Å². The van der Waals surface area contributed by atoms with Crippen molar-refractivity contribution in [2.45, 2.75) is 57.5 Å². The number of hydrogen-bond acceptors (Lipinski definition) is 2. The first-order chi connectivity index (χ1) is 16.6. The largest absolute Gasteiger partial charge is 0.486 e. The van der Waals surface area contributed by atoms with Crippen molar-refractivity contribution in [2.24, 2.45) is 0 Å². The Bertz CT molecular complexity index is 1160. The summed E-state index contributed by atoms with van der Waals surface area (Å²) in [7, 11) is 0. The Hall–Kier alpha value is -2.98. The van der Waals surface area contributed by atoms with Gasteiger partial charge in [-0.2, -0.15) is 0 Å². The zero-order valence-corrected chi connectivity index (χ0v) is 20.4. The fourth-order valence-electron chi connectivity index (χ4n) is 5.08. The Balaban J connectivity index is 1.38. The molecule has 0 aromatic heterocycles. The lowest BCUT2D eigenvalue weighted by atomic mass is 9.84.